The number of hydrogen-bond acceptors (Lipinski definition) is 5. The van der Waals surface area contributed by atoms with Crippen molar-refractivity contribution in [1.29, 1.82) is 0 Å². The van der Waals surface area contributed by atoms with Crippen LogP contribution in [0.2, 0.25) is 0 Å². The Morgan fingerprint density at radius 3 is 2.76 bits per heavy atom. The van der Waals surface area contributed by atoms with E-state index in [4.69, 9.17) is 4.74 Å². The molecule has 3 amide bonds. The smallest absolute Gasteiger partial charge is 0.346 e. The number of imide groups is 1. The molecule has 1 unspecified atom stereocenters. The maximum atomic E-state index is 12.1. The van der Waals surface area contributed by atoms with Crippen LogP contribution in [0.1, 0.15) is 25.8 Å². The van der Waals surface area contributed by atoms with Gasteiger partial charge in [0, 0.05) is 0 Å². The van der Waals surface area contributed by atoms with Gasteiger partial charge in [0.1, 0.15) is 5.54 Å². The van der Waals surface area contributed by atoms with Crippen LogP contribution in [0.25, 0.3) is 0 Å². The second kappa shape index (κ2) is 5.43. The Morgan fingerprint density at radius 1 is 1.48 bits per heavy atom. The minimum atomic E-state index is -0.916. The Labute approximate surface area is 122 Å². The van der Waals surface area contributed by atoms with E-state index in [1.54, 1.807) is 19.1 Å². The number of carbonyl (C=O) groups excluding carboxylic acids is 2. The number of aromatic hydroxyl groups is 1. The highest BCUT2D eigenvalue weighted by Crippen LogP contribution is 2.26. The third-order valence-corrected chi connectivity index (χ3v) is 3.47. The van der Waals surface area contributed by atoms with Gasteiger partial charge in [0.05, 0.1) is 13.3 Å². The number of benzene rings is 1. The molecule has 1 atom stereocenters. The van der Waals surface area contributed by atoms with E-state index in [-0.39, 0.29) is 11.5 Å². The van der Waals surface area contributed by atoms with Crippen molar-refractivity contribution in [3.05, 3.63) is 23.8 Å². The zero-order chi connectivity index (χ0) is 15.6. The van der Waals surface area contributed by atoms with Gasteiger partial charge in [-0.2, -0.15) is 5.10 Å². The van der Waals surface area contributed by atoms with Gasteiger partial charge in [0.25, 0.3) is 5.91 Å². The summed E-state index contributed by atoms with van der Waals surface area (Å²) in [6, 6.07) is 4.04. The summed E-state index contributed by atoms with van der Waals surface area (Å²) in [6.45, 7) is 3.47. The average Bonchev–Trinajstić information content (AvgIpc) is 2.69. The highest BCUT2D eigenvalue weighted by atomic mass is 16.5. The third kappa shape index (κ3) is 2.67. The molecule has 0 saturated carbocycles. The lowest BCUT2D eigenvalue weighted by atomic mass is 10.00. The van der Waals surface area contributed by atoms with Crippen LogP contribution in [0.5, 0.6) is 11.5 Å². The van der Waals surface area contributed by atoms with E-state index in [1.165, 1.54) is 19.4 Å². The van der Waals surface area contributed by atoms with E-state index < -0.39 is 17.5 Å². The first-order valence-electron chi connectivity index (χ1n) is 6.49. The molecular weight excluding hydrogens is 274 g/mol. The standard InChI is InChI=1S/C14H17N3O4/c1-4-14(2)12(19)17(13(20)16-14)15-8-9-5-6-10(18)11(7-9)21-3/h5-8,18H,4H2,1-3H3,(H,16,20). The Hall–Kier alpha value is -2.57. The summed E-state index contributed by atoms with van der Waals surface area (Å²) in [7, 11) is 1.43. The van der Waals surface area contributed by atoms with Crippen LogP contribution in [0.4, 0.5) is 4.79 Å². The molecular formula is C14H17N3O4. The molecule has 1 heterocycles. The lowest BCUT2D eigenvalue weighted by molar-refractivity contribution is -0.130. The van der Waals surface area contributed by atoms with E-state index in [0.29, 0.717) is 12.0 Å². The summed E-state index contributed by atoms with van der Waals surface area (Å²) >= 11 is 0. The number of phenolic OH excluding ortho intramolecular Hbond substituents is 1. The van der Waals surface area contributed by atoms with Crippen LogP contribution in [-0.2, 0) is 4.79 Å². The number of hydrogen-bond donors (Lipinski definition) is 2. The molecule has 21 heavy (non-hydrogen) atoms. The van der Waals surface area contributed by atoms with Crippen molar-refractivity contribution in [2.75, 3.05) is 7.11 Å². The van der Waals surface area contributed by atoms with Gasteiger partial charge in [-0.15, -0.1) is 5.01 Å². The van der Waals surface area contributed by atoms with E-state index in [2.05, 4.69) is 10.4 Å². The Bertz CT molecular complexity index is 614. The fraction of sp³-hybridized carbons (Fsp3) is 0.357. The molecule has 7 heteroatoms. The second-order valence-electron chi connectivity index (χ2n) is 4.91. The zero-order valence-electron chi connectivity index (χ0n) is 12.1. The molecule has 1 aliphatic heterocycles. The lowest BCUT2D eigenvalue weighted by Crippen LogP contribution is -2.42. The molecule has 7 nitrogen and oxygen atoms in total. The molecule has 0 radical (unpaired) electrons. The number of urea groups is 1. The Morgan fingerprint density at radius 2 is 2.19 bits per heavy atom. The van der Waals surface area contributed by atoms with Gasteiger partial charge < -0.3 is 15.2 Å². The van der Waals surface area contributed by atoms with Crippen molar-refractivity contribution in [3.8, 4) is 11.5 Å². The van der Waals surface area contributed by atoms with Gasteiger partial charge in [0.15, 0.2) is 11.5 Å². The fourth-order valence-corrected chi connectivity index (χ4v) is 1.91. The molecule has 1 aromatic rings. The van der Waals surface area contributed by atoms with Crippen molar-refractivity contribution in [2.45, 2.75) is 25.8 Å². The van der Waals surface area contributed by atoms with Crippen LogP contribution < -0.4 is 10.1 Å². The summed E-state index contributed by atoms with van der Waals surface area (Å²) in [5.74, 6) is -0.102. The average molecular weight is 291 g/mol. The molecule has 1 aliphatic rings. The number of nitrogens with zero attached hydrogens (tertiary/aromatic N) is 2. The van der Waals surface area contributed by atoms with Gasteiger partial charge in [-0.05, 0) is 37.1 Å². The first-order valence-corrected chi connectivity index (χ1v) is 6.49. The van der Waals surface area contributed by atoms with Crippen molar-refractivity contribution in [3.63, 3.8) is 0 Å². The molecule has 112 valence electrons. The number of ether oxygens (including phenoxy) is 1. The number of hydrazone groups is 1. The summed E-state index contributed by atoms with van der Waals surface area (Å²) in [4.78, 5) is 23.9. The van der Waals surface area contributed by atoms with Crippen molar-refractivity contribution < 1.29 is 19.4 Å². The number of rotatable bonds is 4. The van der Waals surface area contributed by atoms with Crippen molar-refractivity contribution >= 4 is 18.2 Å². The SMILES string of the molecule is CCC1(C)NC(=O)N(N=Cc2ccc(O)c(OC)c2)C1=O. The molecule has 1 fully saturated rings. The molecule has 1 saturated heterocycles. The molecule has 2 N–H and O–H groups in total. The summed E-state index contributed by atoms with van der Waals surface area (Å²) in [5, 5.41) is 16.8. The second-order valence-corrected chi connectivity index (χ2v) is 4.91. The normalized spacial score (nSPS) is 22.0. The van der Waals surface area contributed by atoms with Crippen molar-refractivity contribution in [2.24, 2.45) is 5.10 Å². The molecule has 0 aromatic heterocycles. The van der Waals surface area contributed by atoms with Crippen LogP contribution in [0, 0.1) is 0 Å². The molecule has 0 spiro atoms. The largest absolute Gasteiger partial charge is 0.504 e. The lowest BCUT2D eigenvalue weighted by Gasteiger charge is -2.17. The molecule has 0 aliphatic carbocycles. The molecule has 1 aromatic carbocycles. The summed E-state index contributed by atoms with van der Waals surface area (Å²) in [5.41, 5.74) is -0.323. The van der Waals surface area contributed by atoms with Gasteiger partial charge >= 0.3 is 6.03 Å². The minimum Gasteiger partial charge on any atom is -0.504 e. The molecule has 0 bridgehead atoms. The molecule has 2 rings (SSSR count). The van der Waals surface area contributed by atoms with E-state index in [0.717, 1.165) is 5.01 Å². The highest BCUT2D eigenvalue weighted by molar-refractivity contribution is 6.07. The van der Waals surface area contributed by atoms with Crippen LogP contribution in [-0.4, -0.2) is 40.9 Å². The quantitative estimate of drug-likeness (QED) is 0.649. The van der Waals surface area contributed by atoms with Gasteiger partial charge in [-0.3, -0.25) is 4.79 Å². The Balaban J connectivity index is 2.22. The van der Waals surface area contributed by atoms with Gasteiger partial charge in [0.2, 0.25) is 0 Å². The van der Waals surface area contributed by atoms with Gasteiger partial charge in [-0.1, -0.05) is 6.92 Å². The van der Waals surface area contributed by atoms with Gasteiger partial charge in [-0.25, -0.2) is 4.79 Å². The number of methoxy groups -OCH3 is 1. The van der Waals surface area contributed by atoms with E-state index >= 15 is 0 Å². The maximum absolute atomic E-state index is 12.1. The predicted octanol–water partition coefficient (Wildman–Crippen LogP) is 1.46. The number of phenols is 1. The number of amides is 3. The summed E-state index contributed by atoms with van der Waals surface area (Å²) in [6.07, 6.45) is 1.84. The minimum absolute atomic E-state index is 0.00296. The number of carbonyl (C=O) groups is 2. The first kappa shape index (κ1) is 14.8. The fourth-order valence-electron chi connectivity index (χ4n) is 1.91. The van der Waals surface area contributed by atoms with Crippen LogP contribution in [0.3, 0.4) is 0 Å². The van der Waals surface area contributed by atoms with Crippen LogP contribution >= 0.6 is 0 Å². The van der Waals surface area contributed by atoms with Crippen LogP contribution in [0.15, 0.2) is 23.3 Å². The maximum Gasteiger partial charge on any atom is 0.346 e. The number of nitrogens with one attached hydrogen (secondary N) is 1. The summed E-state index contributed by atoms with van der Waals surface area (Å²) < 4.78 is 4.98. The third-order valence-electron chi connectivity index (χ3n) is 3.47. The van der Waals surface area contributed by atoms with Crippen molar-refractivity contribution in [1.82, 2.24) is 10.3 Å². The monoisotopic (exact) mass is 291 g/mol. The zero-order valence-corrected chi connectivity index (χ0v) is 12.1. The highest BCUT2D eigenvalue weighted by Gasteiger charge is 2.46. The van der Waals surface area contributed by atoms with E-state index in [1.807, 2.05) is 6.92 Å². The Kier molecular flexibility index (Phi) is 3.84. The topological polar surface area (TPSA) is 91.2 Å². The first-order chi connectivity index (χ1) is 9.91. The predicted molar refractivity (Wildman–Crippen MR) is 76.3 cm³/mol. The van der Waals surface area contributed by atoms with E-state index in [9.17, 15) is 14.7 Å².